The van der Waals surface area contributed by atoms with Crippen LogP contribution in [0.5, 0.6) is 5.75 Å². The van der Waals surface area contributed by atoms with Crippen molar-refractivity contribution in [1.82, 2.24) is 9.66 Å². The third-order valence-electron chi connectivity index (χ3n) is 4.06. The van der Waals surface area contributed by atoms with E-state index in [0.29, 0.717) is 11.4 Å². The van der Waals surface area contributed by atoms with Crippen molar-refractivity contribution in [2.75, 3.05) is 21.3 Å². The summed E-state index contributed by atoms with van der Waals surface area (Å²) in [6.07, 6.45) is 3.12. The van der Waals surface area contributed by atoms with Crippen molar-refractivity contribution in [1.29, 1.82) is 0 Å². The molecule has 0 aliphatic carbocycles. The predicted octanol–water partition coefficient (Wildman–Crippen LogP) is 2.58. The Bertz CT molecular complexity index is 850. The third-order valence-corrected chi connectivity index (χ3v) is 4.06. The second kappa shape index (κ2) is 6.80. The molecule has 7 nitrogen and oxygen atoms in total. The lowest BCUT2D eigenvalue weighted by atomic mass is 9.95. The summed E-state index contributed by atoms with van der Waals surface area (Å²) in [6, 6.07) is 7.63. The van der Waals surface area contributed by atoms with Gasteiger partial charge in [0.2, 0.25) is 0 Å². The molecule has 1 aliphatic heterocycles. The van der Waals surface area contributed by atoms with E-state index in [2.05, 4.69) is 10.1 Å². The Balaban J connectivity index is 2.03. The minimum atomic E-state index is -0.469. The van der Waals surface area contributed by atoms with Crippen LogP contribution >= 0.6 is 0 Å². The second-order valence-electron chi connectivity index (χ2n) is 5.52. The summed E-state index contributed by atoms with van der Waals surface area (Å²) in [5, 5.41) is 4.57. The number of carbonyl (C=O) groups is 1. The van der Waals surface area contributed by atoms with Gasteiger partial charge in [0.25, 0.3) is 0 Å². The van der Waals surface area contributed by atoms with E-state index in [9.17, 15) is 4.79 Å². The number of hydrogen-bond acceptors (Lipinski definition) is 6. The largest absolute Gasteiger partial charge is 0.504 e. The summed E-state index contributed by atoms with van der Waals surface area (Å²) in [5.41, 5.74) is 2.89. The van der Waals surface area contributed by atoms with Gasteiger partial charge in [0.1, 0.15) is 11.6 Å². The third kappa shape index (κ3) is 2.88. The first-order chi connectivity index (χ1) is 12.1. The lowest BCUT2D eigenvalue weighted by Crippen LogP contribution is -2.18. The molecule has 0 amide bonds. The number of nitrogens with zero attached hydrogens (tertiary/aromatic N) is 3. The lowest BCUT2D eigenvalue weighted by Gasteiger charge is -2.11. The predicted molar refractivity (Wildman–Crippen MR) is 92.6 cm³/mol. The highest BCUT2D eigenvalue weighted by atomic mass is 16.5. The molecule has 2 heterocycles. The number of methoxy groups -OCH3 is 3. The molecular formula is C18H19N3O4. The molecule has 0 N–H and O–H groups in total. The molecule has 1 unspecified atom stereocenters. The molecule has 0 spiro atoms. The van der Waals surface area contributed by atoms with Crippen molar-refractivity contribution in [2.24, 2.45) is 5.10 Å². The summed E-state index contributed by atoms with van der Waals surface area (Å²) < 4.78 is 16.8. The average Bonchev–Trinajstić information content (AvgIpc) is 3.17. The van der Waals surface area contributed by atoms with Crippen LogP contribution in [0, 0.1) is 0 Å². The van der Waals surface area contributed by atoms with Gasteiger partial charge in [-0.1, -0.05) is 0 Å². The monoisotopic (exact) mass is 341 g/mol. The highest BCUT2D eigenvalue weighted by Crippen LogP contribution is 2.35. The molecule has 0 fully saturated rings. The molecule has 0 bridgehead atoms. The zero-order valence-electron chi connectivity index (χ0n) is 14.5. The van der Waals surface area contributed by atoms with E-state index in [1.165, 1.54) is 20.5 Å². The van der Waals surface area contributed by atoms with Crippen LogP contribution in [-0.4, -0.2) is 42.7 Å². The number of imidazole rings is 1. The number of esters is 1. The zero-order chi connectivity index (χ0) is 18.0. The Kier molecular flexibility index (Phi) is 4.56. The van der Waals surface area contributed by atoms with Crippen LogP contribution < -0.4 is 4.74 Å². The fourth-order valence-corrected chi connectivity index (χ4v) is 2.87. The number of hydrogen-bond donors (Lipinski definition) is 0. The van der Waals surface area contributed by atoms with E-state index in [-0.39, 0.29) is 0 Å². The molecule has 25 heavy (non-hydrogen) atoms. The maximum atomic E-state index is 12.1. The van der Waals surface area contributed by atoms with Crippen molar-refractivity contribution < 1.29 is 19.0 Å². The van der Waals surface area contributed by atoms with Crippen molar-refractivity contribution in [3.05, 3.63) is 48.1 Å². The van der Waals surface area contributed by atoms with E-state index in [1.807, 2.05) is 31.2 Å². The molecule has 1 aliphatic rings. The van der Waals surface area contributed by atoms with Gasteiger partial charge >= 0.3 is 5.97 Å². The Morgan fingerprint density at radius 2 is 1.92 bits per heavy atom. The number of aromatic nitrogens is 2. The quantitative estimate of drug-likeness (QED) is 0.475. The molecule has 7 heteroatoms. The number of fused-ring (bicyclic) bond motifs is 1. The lowest BCUT2D eigenvalue weighted by molar-refractivity contribution is -0.136. The summed E-state index contributed by atoms with van der Waals surface area (Å²) in [4.78, 5) is 16.6. The Morgan fingerprint density at radius 1 is 1.20 bits per heavy atom. The minimum Gasteiger partial charge on any atom is -0.504 e. The van der Waals surface area contributed by atoms with Gasteiger partial charge < -0.3 is 14.2 Å². The Morgan fingerprint density at radius 3 is 2.52 bits per heavy atom. The first-order valence-corrected chi connectivity index (χ1v) is 7.69. The highest BCUT2D eigenvalue weighted by molar-refractivity contribution is 6.03. The summed E-state index contributed by atoms with van der Waals surface area (Å²) in [7, 11) is 4.45. The first kappa shape index (κ1) is 16.8. The highest BCUT2D eigenvalue weighted by Gasteiger charge is 2.35. The van der Waals surface area contributed by atoms with Crippen molar-refractivity contribution >= 4 is 11.7 Å². The smallest absolute Gasteiger partial charge is 0.338 e. The van der Waals surface area contributed by atoms with E-state index >= 15 is 0 Å². The standard InChI is InChI=1S/C18H19N3O4/c1-11-16(14(10-23-2)18(22)25-4)17-19-9-15(21(17)20-11)12-5-7-13(24-3)8-6-12/h5-10,16H,1-4H3. The van der Waals surface area contributed by atoms with Crippen molar-refractivity contribution in [3.8, 4) is 17.0 Å². The summed E-state index contributed by atoms with van der Waals surface area (Å²) in [6.45, 7) is 1.85. The van der Waals surface area contributed by atoms with E-state index in [4.69, 9.17) is 14.2 Å². The SMILES string of the molecule is COC=C(C(=O)OC)C1C(C)=Nn2c(-c3ccc(OC)cc3)cnc21. The molecule has 2 aromatic rings. The zero-order valence-corrected chi connectivity index (χ0v) is 14.5. The van der Waals surface area contributed by atoms with E-state index < -0.39 is 11.9 Å². The van der Waals surface area contributed by atoms with Crippen LogP contribution in [-0.2, 0) is 14.3 Å². The number of benzene rings is 1. The number of rotatable bonds is 5. The average molecular weight is 341 g/mol. The van der Waals surface area contributed by atoms with Crippen LogP contribution in [0.3, 0.4) is 0 Å². The Labute approximate surface area is 145 Å². The molecule has 1 aromatic heterocycles. The van der Waals surface area contributed by atoms with Gasteiger partial charge in [0.15, 0.2) is 0 Å². The van der Waals surface area contributed by atoms with Crippen LogP contribution in [0.15, 0.2) is 47.4 Å². The van der Waals surface area contributed by atoms with Gasteiger partial charge in [-0.2, -0.15) is 5.10 Å². The van der Waals surface area contributed by atoms with Gasteiger partial charge in [-0.25, -0.2) is 14.5 Å². The molecule has 1 atom stereocenters. The molecule has 1 aromatic carbocycles. The molecule has 130 valence electrons. The fraction of sp³-hybridized carbons (Fsp3) is 0.278. The van der Waals surface area contributed by atoms with Gasteiger partial charge in [-0.3, -0.25) is 0 Å². The van der Waals surface area contributed by atoms with Crippen LogP contribution in [0.1, 0.15) is 18.7 Å². The molecular weight excluding hydrogens is 322 g/mol. The van der Waals surface area contributed by atoms with E-state index in [1.54, 1.807) is 18.0 Å². The van der Waals surface area contributed by atoms with Gasteiger partial charge in [-0.05, 0) is 31.2 Å². The normalized spacial score (nSPS) is 16.2. The molecule has 0 radical (unpaired) electrons. The minimum absolute atomic E-state index is 0.358. The first-order valence-electron chi connectivity index (χ1n) is 7.69. The number of ether oxygens (including phenoxy) is 3. The van der Waals surface area contributed by atoms with Crippen LogP contribution in [0.2, 0.25) is 0 Å². The maximum absolute atomic E-state index is 12.1. The molecule has 3 rings (SSSR count). The maximum Gasteiger partial charge on any atom is 0.338 e. The molecule has 0 saturated carbocycles. The summed E-state index contributed by atoms with van der Waals surface area (Å²) >= 11 is 0. The topological polar surface area (TPSA) is 74.9 Å². The van der Waals surface area contributed by atoms with Crippen LogP contribution in [0.25, 0.3) is 11.3 Å². The molecule has 0 saturated heterocycles. The van der Waals surface area contributed by atoms with E-state index in [0.717, 1.165) is 22.7 Å². The van der Waals surface area contributed by atoms with Gasteiger partial charge in [-0.15, -0.1) is 0 Å². The van der Waals surface area contributed by atoms with Gasteiger partial charge in [0, 0.05) is 5.56 Å². The fourth-order valence-electron chi connectivity index (χ4n) is 2.87. The van der Waals surface area contributed by atoms with Crippen molar-refractivity contribution in [2.45, 2.75) is 12.8 Å². The van der Waals surface area contributed by atoms with Crippen molar-refractivity contribution in [3.63, 3.8) is 0 Å². The second-order valence-corrected chi connectivity index (χ2v) is 5.52. The Hall–Kier alpha value is -3.09. The number of carbonyl (C=O) groups excluding carboxylic acids is 1. The summed E-state index contributed by atoms with van der Waals surface area (Å²) in [5.74, 6) is 0.554. The van der Waals surface area contributed by atoms with Crippen LogP contribution in [0.4, 0.5) is 0 Å². The van der Waals surface area contributed by atoms with Gasteiger partial charge in [0.05, 0.1) is 56.7 Å².